The number of aryl methyl sites for hydroxylation is 1. The Labute approximate surface area is 242 Å². The molecule has 0 saturated heterocycles. The first-order valence-electron chi connectivity index (χ1n) is 13.9. The van der Waals surface area contributed by atoms with Crippen LogP contribution >= 0.6 is 0 Å². The first-order valence-corrected chi connectivity index (χ1v) is 13.9. The fourth-order valence-electron chi connectivity index (χ4n) is 4.36. The summed E-state index contributed by atoms with van der Waals surface area (Å²) in [6.07, 6.45) is 2.07. The molecule has 0 bridgehead atoms. The number of carbonyl (C=O) groups is 4. The van der Waals surface area contributed by atoms with Crippen molar-refractivity contribution in [1.82, 2.24) is 10.2 Å². The minimum atomic E-state index is -1.33. The number of ether oxygens (including phenoxy) is 2. The van der Waals surface area contributed by atoms with Crippen molar-refractivity contribution >= 4 is 29.5 Å². The van der Waals surface area contributed by atoms with Crippen LogP contribution in [0.25, 0.3) is 0 Å². The fraction of sp³-hybridized carbons (Fsp3) is 0.484. The average Bonchev–Trinajstić information content (AvgIpc) is 2.89. The first-order chi connectivity index (χ1) is 19.4. The monoisotopic (exact) mass is 568 g/mol. The molecular formula is C31H44N4O6. The number of rotatable bonds is 14. The molecule has 2 aromatic rings. The number of nitrogens with zero attached hydrogens (tertiary/aromatic N) is 1. The van der Waals surface area contributed by atoms with Crippen LogP contribution in [0.4, 0.5) is 10.5 Å². The van der Waals surface area contributed by atoms with Crippen molar-refractivity contribution in [3.63, 3.8) is 0 Å². The van der Waals surface area contributed by atoms with Gasteiger partial charge in [-0.1, -0.05) is 50.5 Å². The van der Waals surface area contributed by atoms with E-state index in [4.69, 9.17) is 15.2 Å². The normalized spacial score (nSPS) is 12.5. The lowest BCUT2D eigenvalue weighted by Crippen LogP contribution is -2.53. The highest BCUT2D eigenvalue weighted by atomic mass is 16.6. The summed E-state index contributed by atoms with van der Waals surface area (Å²) >= 11 is 0. The van der Waals surface area contributed by atoms with Gasteiger partial charge in [-0.2, -0.15) is 0 Å². The number of unbranched alkanes of at least 4 members (excludes halogenated alkanes) is 3. The third-order valence-corrected chi connectivity index (χ3v) is 6.33. The first kappa shape index (κ1) is 33.1. The average molecular weight is 569 g/mol. The lowest BCUT2D eigenvalue weighted by molar-refractivity contribution is -0.142. The van der Waals surface area contributed by atoms with E-state index < -0.39 is 47.9 Å². The zero-order valence-corrected chi connectivity index (χ0v) is 25.0. The van der Waals surface area contributed by atoms with Gasteiger partial charge in [0.1, 0.15) is 23.4 Å². The lowest BCUT2D eigenvalue weighted by atomic mass is 9.97. The number of nitrogens with one attached hydrogen (secondary N) is 2. The summed E-state index contributed by atoms with van der Waals surface area (Å²) in [5.74, 6) is -1.19. The Morgan fingerprint density at radius 2 is 1.63 bits per heavy atom. The molecule has 0 aliphatic heterocycles. The van der Waals surface area contributed by atoms with Gasteiger partial charge in [0.2, 0.25) is 11.8 Å². The van der Waals surface area contributed by atoms with Crippen LogP contribution in [0.2, 0.25) is 0 Å². The number of carbonyl (C=O) groups excluding carboxylic acids is 4. The molecule has 0 aliphatic carbocycles. The minimum absolute atomic E-state index is 0.221. The van der Waals surface area contributed by atoms with Gasteiger partial charge in [-0.05, 0) is 69.5 Å². The Kier molecular flexibility index (Phi) is 12.6. The molecule has 4 amide bonds. The van der Waals surface area contributed by atoms with Crippen LogP contribution in [-0.2, 0) is 19.1 Å². The molecule has 2 unspecified atom stereocenters. The largest absolute Gasteiger partial charge is 0.497 e. The molecule has 224 valence electrons. The van der Waals surface area contributed by atoms with Crippen molar-refractivity contribution in [2.75, 3.05) is 19.0 Å². The molecule has 2 rings (SSSR count). The van der Waals surface area contributed by atoms with Crippen molar-refractivity contribution in [3.05, 3.63) is 59.7 Å². The maximum atomic E-state index is 14.2. The molecule has 41 heavy (non-hydrogen) atoms. The van der Waals surface area contributed by atoms with E-state index in [1.54, 1.807) is 64.3 Å². The molecule has 2 atom stereocenters. The van der Waals surface area contributed by atoms with Gasteiger partial charge in [-0.3, -0.25) is 14.4 Å². The highest BCUT2D eigenvalue weighted by molar-refractivity contribution is 6.00. The smallest absolute Gasteiger partial charge is 0.408 e. The summed E-state index contributed by atoms with van der Waals surface area (Å²) in [4.78, 5) is 54.2. The number of hydrogen-bond donors (Lipinski definition) is 3. The van der Waals surface area contributed by atoms with Crippen LogP contribution in [0.3, 0.4) is 0 Å². The Bertz CT molecular complexity index is 1180. The van der Waals surface area contributed by atoms with E-state index in [9.17, 15) is 19.2 Å². The molecule has 0 aromatic heterocycles. The van der Waals surface area contributed by atoms with E-state index in [2.05, 4.69) is 17.6 Å². The van der Waals surface area contributed by atoms with Crippen LogP contribution in [0.15, 0.2) is 48.5 Å². The maximum Gasteiger partial charge on any atom is 0.408 e. The summed E-state index contributed by atoms with van der Waals surface area (Å²) in [7, 11) is 1.55. The molecule has 0 spiro atoms. The number of primary amides is 1. The zero-order valence-electron chi connectivity index (χ0n) is 25.0. The Morgan fingerprint density at radius 1 is 0.976 bits per heavy atom. The molecule has 0 aliphatic rings. The van der Waals surface area contributed by atoms with Crippen LogP contribution in [0.5, 0.6) is 5.75 Å². The highest BCUT2D eigenvalue weighted by Crippen LogP contribution is 2.28. The fourth-order valence-corrected chi connectivity index (χ4v) is 4.36. The number of methoxy groups -OCH3 is 1. The van der Waals surface area contributed by atoms with E-state index >= 15 is 0 Å². The van der Waals surface area contributed by atoms with E-state index in [0.29, 0.717) is 23.4 Å². The van der Waals surface area contributed by atoms with E-state index in [1.807, 2.05) is 19.1 Å². The second-order valence-electron chi connectivity index (χ2n) is 10.9. The van der Waals surface area contributed by atoms with E-state index in [1.165, 1.54) is 4.90 Å². The topological polar surface area (TPSA) is 140 Å². The number of nitrogens with two attached hydrogens (primary N) is 1. The quantitative estimate of drug-likeness (QED) is 0.278. The number of alkyl carbamates (subject to hydrolysis) is 1. The number of anilines is 1. The molecule has 0 fully saturated rings. The van der Waals surface area contributed by atoms with Gasteiger partial charge in [-0.25, -0.2) is 4.79 Å². The number of amides is 4. The standard InChI is InChI=1S/C31H44N4O6/c1-7-8-9-12-19-35(29(38)25(20-26(32)36)34-30(39)41-31(3,4)5)27(24-14-11-10-13-21(24)2)28(37)33-22-15-17-23(40-6)18-16-22/h10-11,13-18,25,27H,7-9,12,19-20H2,1-6H3,(H2,32,36)(H,33,37)(H,34,39). The van der Waals surface area contributed by atoms with Crippen molar-refractivity contribution in [2.24, 2.45) is 5.73 Å². The molecule has 0 heterocycles. The van der Waals surface area contributed by atoms with Gasteiger partial charge in [0.05, 0.1) is 13.5 Å². The summed E-state index contributed by atoms with van der Waals surface area (Å²) < 4.78 is 10.6. The van der Waals surface area contributed by atoms with Crippen molar-refractivity contribution in [3.8, 4) is 5.75 Å². The van der Waals surface area contributed by atoms with Crippen molar-refractivity contribution < 1.29 is 28.7 Å². The molecule has 2 aromatic carbocycles. The third-order valence-electron chi connectivity index (χ3n) is 6.33. The predicted octanol–water partition coefficient (Wildman–Crippen LogP) is 4.86. The van der Waals surface area contributed by atoms with Gasteiger partial charge >= 0.3 is 6.09 Å². The van der Waals surface area contributed by atoms with Crippen LogP contribution < -0.4 is 21.1 Å². The van der Waals surface area contributed by atoms with Gasteiger partial charge in [0.15, 0.2) is 0 Å². The molecular weight excluding hydrogens is 524 g/mol. The highest BCUT2D eigenvalue weighted by Gasteiger charge is 2.37. The van der Waals surface area contributed by atoms with Gasteiger partial charge in [0, 0.05) is 12.2 Å². The SMILES string of the molecule is CCCCCCN(C(=O)C(CC(N)=O)NC(=O)OC(C)(C)C)C(C(=O)Nc1ccc(OC)cc1)c1ccccc1C. The number of benzene rings is 2. The maximum absolute atomic E-state index is 14.2. The van der Waals surface area contributed by atoms with Gasteiger partial charge in [0.25, 0.3) is 5.91 Å². The summed E-state index contributed by atoms with van der Waals surface area (Å²) in [5.41, 5.74) is 6.60. The number of hydrogen-bond acceptors (Lipinski definition) is 6. The molecule has 0 saturated carbocycles. The van der Waals surface area contributed by atoms with E-state index in [0.717, 1.165) is 24.8 Å². The van der Waals surface area contributed by atoms with E-state index in [-0.39, 0.29) is 6.54 Å². The second kappa shape index (κ2) is 15.6. The van der Waals surface area contributed by atoms with Gasteiger partial charge in [-0.15, -0.1) is 0 Å². The molecule has 10 heteroatoms. The van der Waals surface area contributed by atoms with Crippen LogP contribution in [-0.4, -0.2) is 54.0 Å². The summed E-state index contributed by atoms with van der Waals surface area (Å²) in [6, 6.07) is 11.8. The Hall–Kier alpha value is -4.08. The van der Waals surface area contributed by atoms with Crippen molar-refractivity contribution in [1.29, 1.82) is 0 Å². The van der Waals surface area contributed by atoms with Gasteiger partial charge < -0.3 is 30.7 Å². The van der Waals surface area contributed by atoms with Crippen LogP contribution in [0.1, 0.15) is 77.0 Å². The molecule has 4 N–H and O–H groups in total. The second-order valence-corrected chi connectivity index (χ2v) is 10.9. The van der Waals surface area contributed by atoms with Crippen molar-refractivity contribution in [2.45, 2.75) is 84.4 Å². The molecule has 10 nitrogen and oxygen atoms in total. The molecule has 0 radical (unpaired) electrons. The van der Waals surface area contributed by atoms with Crippen LogP contribution in [0, 0.1) is 6.92 Å². The summed E-state index contributed by atoms with van der Waals surface area (Å²) in [6.45, 7) is 9.23. The predicted molar refractivity (Wildman–Crippen MR) is 158 cm³/mol. The Balaban J connectivity index is 2.54. The third kappa shape index (κ3) is 10.8. The zero-order chi connectivity index (χ0) is 30.6. The Morgan fingerprint density at radius 3 is 2.20 bits per heavy atom. The summed E-state index contributed by atoms with van der Waals surface area (Å²) in [5, 5.41) is 5.43. The minimum Gasteiger partial charge on any atom is -0.497 e. The lowest BCUT2D eigenvalue weighted by Gasteiger charge is -2.35.